The van der Waals surface area contributed by atoms with Crippen molar-refractivity contribution in [3.05, 3.63) is 74.9 Å². The molecular weight excluding hydrogens is 426 g/mol. The van der Waals surface area contributed by atoms with Crippen molar-refractivity contribution in [3.63, 3.8) is 0 Å². The Hall–Kier alpha value is -2.90. The summed E-state index contributed by atoms with van der Waals surface area (Å²) in [6.45, 7) is 6.00. The molecule has 1 N–H and O–H groups in total. The second kappa shape index (κ2) is 8.69. The molecule has 1 amide bonds. The predicted octanol–water partition coefficient (Wildman–Crippen LogP) is 5.32. The largest absolute Gasteiger partial charge is 0.325 e. The maximum atomic E-state index is 12.9. The molecule has 0 aliphatic carbocycles. The number of nitrogens with one attached hydrogen (secondary N) is 1. The zero-order valence-corrected chi connectivity index (χ0v) is 19.5. The van der Waals surface area contributed by atoms with Crippen molar-refractivity contribution in [2.45, 2.75) is 25.9 Å². The molecule has 5 nitrogen and oxygen atoms in total. The summed E-state index contributed by atoms with van der Waals surface area (Å²) < 4.78 is 2.15. The van der Waals surface area contributed by atoms with Crippen molar-refractivity contribution >= 4 is 44.9 Å². The van der Waals surface area contributed by atoms with E-state index < -0.39 is 0 Å². The molecule has 0 atom stereocenters. The summed E-state index contributed by atoms with van der Waals surface area (Å²) in [5, 5.41) is 5.46. The van der Waals surface area contributed by atoms with Crippen LogP contribution in [0.1, 0.15) is 16.7 Å². The third-order valence-electron chi connectivity index (χ3n) is 5.12. The van der Waals surface area contributed by atoms with E-state index in [0.29, 0.717) is 15.4 Å². The van der Waals surface area contributed by atoms with Gasteiger partial charge in [-0.2, -0.15) is 0 Å². The van der Waals surface area contributed by atoms with Crippen LogP contribution in [0.4, 0.5) is 5.69 Å². The molecule has 0 saturated carbocycles. The second-order valence-corrected chi connectivity index (χ2v) is 9.43. The lowest BCUT2D eigenvalue weighted by molar-refractivity contribution is -0.113. The number of fused-ring (bicyclic) bond motifs is 1. The molecule has 0 radical (unpaired) electrons. The normalized spacial score (nSPS) is 11.1. The maximum absolute atomic E-state index is 12.9. The topological polar surface area (TPSA) is 64.0 Å². The molecule has 4 aromatic rings. The van der Waals surface area contributed by atoms with Crippen LogP contribution in [-0.2, 0) is 11.8 Å². The number of hydrogen-bond donors (Lipinski definition) is 1. The van der Waals surface area contributed by atoms with Gasteiger partial charge in [0.05, 0.1) is 11.3 Å². The van der Waals surface area contributed by atoms with E-state index in [1.807, 2.05) is 68.6 Å². The fourth-order valence-electron chi connectivity index (χ4n) is 3.28. The Bertz CT molecular complexity index is 1340. The molecule has 0 fully saturated rings. The van der Waals surface area contributed by atoms with E-state index in [0.717, 1.165) is 27.9 Å². The van der Waals surface area contributed by atoms with E-state index in [4.69, 9.17) is 4.98 Å². The van der Waals surface area contributed by atoms with E-state index in [9.17, 15) is 9.59 Å². The highest BCUT2D eigenvalue weighted by molar-refractivity contribution is 7.99. The van der Waals surface area contributed by atoms with Gasteiger partial charge in [-0.1, -0.05) is 53.7 Å². The van der Waals surface area contributed by atoms with Gasteiger partial charge in [-0.3, -0.25) is 14.2 Å². The van der Waals surface area contributed by atoms with Crippen LogP contribution in [0.2, 0.25) is 0 Å². The Labute approximate surface area is 189 Å². The minimum atomic E-state index is -0.128. The molecule has 2 aromatic heterocycles. The number of thiophene rings is 1. The maximum Gasteiger partial charge on any atom is 0.271 e. The SMILES string of the molecule is Cc1ccc(-c2csc3c(=O)n(C)c(SCC(=O)Nc4cc(C)ccc4C)nc23)cc1. The molecule has 0 bridgehead atoms. The van der Waals surface area contributed by atoms with Gasteiger partial charge in [0.2, 0.25) is 5.91 Å². The number of rotatable bonds is 5. The van der Waals surface area contributed by atoms with E-state index >= 15 is 0 Å². The number of nitrogens with zero attached hydrogens (tertiary/aromatic N) is 2. The van der Waals surface area contributed by atoms with Crippen LogP contribution in [0.25, 0.3) is 21.3 Å². The Balaban J connectivity index is 1.60. The molecular formula is C24H23N3O2S2. The molecule has 0 aliphatic heterocycles. The minimum absolute atomic E-state index is 0.0919. The molecule has 2 aromatic carbocycles. The molecule has 0 saturated heterocycles. The van der Waals surface area contributed by atoms with E-state index in [1.165, 1.54) is 33.2 Å². The number of thioether (sulfide) groups is 1. The molecule has 0 unspecified atom stereocenters. The fourth-order valence-corrected chi connectivity index (χ4v) is 5.03. The van der Waals surface area contributed by atoms with Crippen molar-refractivity contribution < 1.29 is 4.79 Å². The van der Waals surface area contributed by atoms with Crippen molar-refractivity contribution in [1.29, 1.82) is 0 Å². The highest BCUT2D eigenvalue weighted by Gasteiger charge is 2.16. The zero-order chi connectivity index (χ0) is 22.1. The average Bonchev–Trinajstić information content (AvgIpc) is 3.17. The summed E-state index contributed by atoms with van der Waals surface area (Å²) in [5.41, 5.74) is 6.66. The van der Waals surface area contributed by atoms with Gasteiger partial charge in [-0.15, -0.1) is 11.3 Å². The van der Waals surface area contributed by atoms with Crippen molar-refractivity contribution in [1.82, 2.24) is 9.55 Å². The third-order valence-corrected chi connectivity index (χ3v) is 7.11. The summed E-state index contributed by atoms with van der Waals surface area (Å²) in [5.74, 6) is 0.0421. The third kappa shape index (κ3) is 4.43. The van der Waals surface area contributed by atoms with Crippen LogP contribution in [0.15, 0.2) is 57.8 Å². The first-order chi connectivity index (χ1) is 14.8. The molecule has 158 valence electrons. The van der Waals surface area contributed by atoms with Crippen LogP contribution in [0, 0.1) is 20.8 Å². The van der Waals surface area contributed by atoms with Crippen LogP contribution in [-0.4, -0.2) is 21.2 Å². The van der Waals surface area contributed by atoms with Gasteiger partial charge >= 0.3 is 0 Å². The molecule has 7 heteroatoms. The molecule has 0 spiro atoms. The molecule has 0 aliphatic rings. The summed E-state index contributed by atoms with van der Waals surface area (Å²) in [7, 11) is 1.70. The number of aryl methyl sites for hydroxylation is 3. The van der Waals surface area contributed by atoms with Crippen LogP contribution in [0.5, 0.6) is 0 Å². The van der Waals surface area contributed by atoms with E-state index in [2.05, 4.69) is 5.32 Å². The predicted molar refractivity (Wildman–Crippen MR) is 130 cm³/mol. The summed E-state index contributed by atoms with van der Waals surface area (Å²) >= 11 is 2.67. The lowest BCUT2D eigenvalue weighted by Gasteiger charge is -2.10. The van der Waals surface area contributed by atoms with Gasteiger partial charge in [0.25, 0.3) is 5.56 Å². The van der Waals surface area contributed by atoms with Gasteiger partial charge in [-0.05, 0) is 43.5 Å². The Morgan fingerprint density at radius 1 is 1.10 bits per heavy atom. The zero-order valence-electron chi connectivity index (χ0n) is 17.9. The van der Waals surface area contributed by atoms with Crippen LogP contribution in [0.3, 0.4) is 0 Å². The van der Waals surface area contributed by atoms with Crippen molar-refractivity contribution in [2.24, 2.45) is 7.05 Å². The second-order valence-electron chi connectivity index (χ2n) is 7.61. The first-order valence-electron chi connectivity index (χ1n) is 9.88. The number of benzene rings is 2. The number of aromatic nitrogens is 2. The summed E-state index contributed by atoms with van der Waals surface area (Å²) in [6.07, 6.45) is 0. The number of carbonyl (C=O) groups excluding carboxylic acids is 1. The number of amides is 1. The lowest BCUT2D eigenvalue weighted by atomic mass is 10.1. The van der Waals surface area contributed by atoms with Crippen molar-refractivity contribution in [3.8, 4) is 11.1 Å². The quantitative estimate of drug-likeness (QED) is 0.331. The Kier molecular flexibility index (Phi) is 5.98. The highest BCUT2D eigenvalue weighted by Crippen LogP contribution is 2.32. The highest BCUT2D eigenvalue weighted by atomic mass is 32.2. The van der Waals surface area contributed by atoms with Gasteiger partial charge in [0.1, 0.15) is 4.70 Å². The first kappa shape index (κ1) is 21.3. The average molecular weight is 450 g/mol. The van der Waals surface area contributed by atoms with Gasteiger partial charge < -0.3 is 5.32 Å². The monoisotopic (exact) mass is 449 g/mol. The molecule has 4 rings (SSSR count). The van der Waals surface area contributed by atoms with E-state index in [1.54, 1.807) is 7.05 Å². The van der Waals surface area contributed by atoms with Gasteiger partial charge in [-0.25, -0.2) is 4.98 Å². The van der Waals surface area contributed by atoms with Crippen LogP contribution >= 0.6 is 23.1 Å². The number of anilines is 1. The smallest absolute Gasteiger partial charge is 0.271 e. The Morgan fingerprint density at radius 3 is 2.55 bits per heavy atom. The van der Waals surface area contributed by atoms with Crippen LogP contribution < -0.4 is 10.9 Å². The standard InChI is InChI=1S/C24H23N3O2S2/c1-14-6-9-17(10-7-14)18-12-30-22-21(18)26-24(27(4)23(22)29)31-13-20(28)25-19-11-15(2)5-8-16(19)3/h5-12H,13H2,1-4H3,(H,25,28). The number of carbonyl (C=O) groups is 1. The summed E-state index contributed by atoms with van der Waals surface area (Å²) in [6, 6.07) is 14.1. The minimum Gasteiger partial charge on any atom is -0.325 e. The van der Waals surface area contributed by atoms with Crippen molar-refractivity contribution in [2.75, 3.05) is 11.1 Å². The Morgan fingerprint density at radius 2 is 1.81 bits per heavy atom. The summed E-state index contributed by atoms with van der Waals surface area (Å²) in [4.78, 5) is 30.2. The lowest BCUT2D eigenvalue weighted by Crippen LogP contribution is -2.21. The van der Waals surface area contributed by atoms with Gasteiger partial charge in [0.15, 0.2) is 5.16 Å². The fraction of sp³-hybridized carbons (Fsp3) is 0.208. The van der Waals surface area contributed by atoms with E-state index in [-0.39, 0.29) is 17.2 Å². The van der Waals surface area contributed by atoms with Gasteiger partial charge in [0, 0.05) is 23.7 Å². The molecule has 2 heterocycles. The number of hydrogen-bond acceptors (Lipinski definition) is 5. The molecule has 31 heavy (non-hydrogen) atoms. The first-order valence-corrected chi connectivity index (χ1v) is 11.7.